The first-order valence-electron chi connectivity index (χ1n) is 7.17. The summed E-state index contributed by atoms with van der Waals surface area (Å²) in [5, 5.41) is 0.655. The lowest BCUT2D eigenvalue weighted by atomic mass is 10.1. The third kappa shape index (κ3) is 3.76. The van der Waals surface area contributed by atoms with Gasteiger partial charge in [-0.2, -0.15) is 4.99 Å². The number of rotatable bonds is 1. The van der Waals surface area contributed by atoms with Crippen molar-refractivity contribution in [2.24, 2.45) is 4.99 Å². The van der Waals surface area contributed by atoms with E-state index in [1.165, 1.54) is 0 Å². The molecule has 2 amide bonds. The van der Waals surface area contributed by atoms with Gasteiger partial charge in [-0.05, 0) is 51.5 Å². The van der Waals surface area contributed by atoms with E-state index in [4.69, 9.17) is 11.6 Å². The Morgan fingerprint density at radius 1 is 1.29 bits per heavy atom. The summed E-state index contributed by atoms with van der Waals surface area (Å²) in [5.74, 6) is 0.864. The van der Waals surface area contributed by atoms with Crippen LogP contribution in [0.2, 0.25) is 5.02 Å². The minimum absolute atomic E-state index is 0.228. The molecule has 1 aliphatic heterocycles. The largest absolute Gasteiger partial charge is 0.363 e. The molecule has 1 aliphatic rings. The molecule has 1 aromatic rings. The predicted molar refractivity (Wildman–Crippen MR) is 88.4 cm³/mol. The number of amides is 2. The molecule has 0 unspecified atom stereocenters. The number of anilines is 1. The molecule has 21 heavy (non-hydrogen) atoms. The molecular formula is C16H22ClN3O. The minimum Gasteiger partial charge on any atom is -0.363 e. The molecule has 0 atom stereocenters. The minimum atomic E-state index is -0.355. The molecule has 0 saturated carbocycles. The summed E-state index contributed by atoms with van der Waals surface area (Å²) in [6.07, 6.45) is 1.92. The third-order valence-corrected chi connectivity index (χ3v) is 3.76. The Balaban J connectivity index is 2.33. The Labute approximate surface area is 131 Å². The first-order chi connectivity index (χ1) is 9.79. The van der Waals surface area contributed by atoms with Crippen molar-refractivity contribution in [3.8, 4) is 0 Å². The van der Waals surface area contributed by atoms with Gasteiger partial charge < -0.3 is 4.90 Å². The Kier molecular flexibility index (Phi) is 4.57. The van der Waals surface area contributed by atoms with Crippen molar-refractivity contribution in [2.45, 2.75) is 39.2 Å². The molecule has 0 radical (unpaired) electrons. The Bertz CT molecular complexity index is 546. The van der Waals surface area contributed by atoms with E-state index in [-0.39, 0.29) is 11.6 Å². The van der Waals surface area contributed by atoms with Crippen LogP contribution in [0.4, 0.5) is 10.5 Å². The average molecular weight is 308 g/mol. The van der Waals surface area contributed by atoms with Gasteiger partial charge in [-0.25, -0.2) is 4.79 Å². The lowest BCUT2D eigenvalue weighted by Gasteiger charge is -2.34. The van der Waals surface area contributed by atoms with Crippen LogP contribution < -0.4 is 4.90 Å². The average Bonchev–Trinajstić information content (AvgIpc) is 2.76. The Morgan fingerprint density at radius 3 is 2.38 bits per heavy atom. The van der Waals surface area contributed by atoms with Crippen LogP contribution in [0.25, 0.3) is 0 Å². The number of benzene rings is 1. The number of halogens is 1. The quantitative estimate of drug-likeness (QED) is 0.780. The second-order valence-electron chi connectivity index (χ2n) is 6.32. The van der Waals surface area contributed by atoms with Crippen LogP contribution in [0, 0.1) is 0 Å². The summed E-state index contributed by atoms with van der Waals surface area (Å²) < 4.78 is 0. The van der Waals surface area contributed by atoms with Gasteiger partial charge in [0.1, 0.15) is 5.84 Å². The number of urea groups is 1. The highest BCUT2D eigenvalue weighted by molar-refractivity contribution is 6.30. The van der Waals surface area contributed by atoms with Crippen molar-refractivity contribution in [1.82, 2.24) is 4.90 Å². The van der Waals surface area contributed by atoms with Crippen LogP contribution in [0.15, 0.2) is 29.3 Å². The molecule has 0 N–H and O–H groups in total. The summed E-state index contributed by atoms with van der Waals surface area (Å²) >= 11 is 5.93. The lowest BCUT2D eigenvalue weighted by Crippen LogP contribution is -2.45. The van der Waals surface area contributed by atoms with Gasteiger partial charge in [0.2, 0.25) is 0 Å². The molecule has 0 aliphatic carbocycles. The number of likely N-dealkylation sites (tertiary alicyclic amines) is 1. The van der Waals surface area contributed by atoms with Crippen molar-refractivity contribution >= 4 is 29.2 Å². The van der Waals surface area contributed by atoms with Gasteiger partial charge in [0.25, 0.3) is 0 Å². The van der Waals surface area contributed by atoms with Crippen LogP contribution in [-0.4, -0.2) is 35.9 Å². The van der Waals surface area contributed by atoms with Crippen LogP contribution in [0.1, 0.15) is 33.6 Å². The van der Waals surface area contributed by atoms with Gasteiger partial charge in [-0.3, -0.25) is 4.90 Å². The summed E-state index contributed by atoms with van der Waals surface area (Å²) in [7, 11) is 1.98. The second-order valence-corrected chi connectivity index (χ2v) is 6.75. The predicted octanol–water partition coefficient (Wildman–Crippen LogP) is 4.19. The van der Waals surface area contributed by atoms with E-state index in [9.17, 15) is 4.79 Å². The van der Waals surface area contributed by atoms with E-state index in [1.807, 2.05) is 44.9 Å². The van der Waals surface area contributed by atoms with Gasteiger partial charge in [0.15, 0.2) is 0 Å². The van der Waals surface area contributed by atoms with Crippen LogP contribution in [0.5, 0.6) is 0 Å². The number of hydrogen-bond acceptors (Lipinski definition) is 1. The Morgan fingerprint density at radius 2 is 1.90 bits per heavy atom. The number of amidine groups is 1. The summed E-state index contributed by atoms with van der Waals surface area (Å²) in [5.41, 5.74) is 0.452. The first kappa shape index (κ1) is 15.8. The molecule has 4 nitrogen and oxygen atoms in total. The zero-order valence-corrected chi connectivity index (χ0v) is 13.8. The standard InChI is InChI=1S/C16H22ClN3O/c1-16(2,3)20(13-9-7-12(17)8-10-13)15(21)18-14-6-5-11-19(14)4/h7-10H,5-6,11H2,1-4H3. The highest BCUT2D eigenvalue weighted by Crippen LogP contribution is 2.26. The smallest absolute Gasteiger partial charge is 0.350 e. The van der Waals surface area contributed by atoms with E-state index in [0.29, 0.717) is 5.02 Å². The normalized spacial score (nSPS) is 17.4. The van der Waals surface area contributed by atoms with E-state index in [0.717, 1.165) is 30.9 Å². The fourth-order valence-corrected chi connectivity index (χ4v) is 2.60. The highest BCUT2D eigenvalue weighted by Gasteiger charge is 2.29. The summed E-state index contributed by atoms with van der Waals surface area (Å²) in [6.45, 7) is 6.96. The summed E-state index contributed by atoms with van der Waals surface area (Å²) in [4.78, 5) is 20.7. The van der Waals surface area contributed by atoms with Crippen molar-refractivity contribution in [1.29, 1.82) is 0 Å². The number of nitrogens with zero attached hydrogens (tertiary/aromatic N) is 3. The maximum absolute atomic E-state index is 12.7. The number of aliphatic imine (C=N–C) groups is 1. The van der Waals surface area contributed by atoms with Gasteiger partial charge in [-0.15, -0.1) is 0 Å². The molecule has 114 valence electrons. The molecule has 1 aromatic carbocycles. The van der Waals surface area contributed by atoms with E-state index < -0.39 is 0 Å². The van der Waals surface area contributed by atoms with Crippen molar-refractivity contribution < 1.29 is 4.79 Å². The highest BCUT2D eigenvalue weighted by atomic mass is 35.5. The molecule has 2 rings (SSSR count). The maximum atomic E-state index is 12.7. The van der Waals surface area contributed by atoms with Gasteiger partial charge in [-0.1, -0.05) is 11.6 Å². The molecule has 1 heterocycles. The van der Waals surface area contributed by atoms with Gasteiger partial charge in [0.05, 0.1) is 0 Å². The van der Waals surface area contributed by atoms with Crippen molar-refractivity contribution in [2.75, 3.05) is 18.5 Å². The number of hydrogen-bond donors (Lipinski definition) is 0. The fourth-order valence-electron chi connectivity index (χ4n) is 2.47. The van der Waals surface area contributed by atoms with Crippen molar-refractivity contribution in [3.05, 3.63) is 29.3 Å². The van der Waals surface area contributed by atoms with Crippen LogP contribution >= 0.6 is 11.6 Å². The number of carbonyl (C=O) groups is 1. The lowest BCUT2D eigenvalue weighted by molar-refractivity contribution is 0.249. The zero-order valence-electron chi connectivity index (χ0n) is 13.1. The molecule has 0 spiro atoms. The van der Waals surface area contributed by atoms with Gasteiger partial charge in [0, 0.05) is 36.3 Å². The third-order valence-electron chi connectivity index (χ3n) is 3.51. The fraction of sp³-hybridized carbons (Fsp3) is 0.500. The molecule has 1 fully saturated rings. The van der Waals surface area contributed by atoms with E-state index in [1.54, 1.807) is 17.0 Å². The molecule has 1 saturated heterocycles. The monoisotopic (exact) mass is 307 g/mol. The van der Waals surface area contributed by atoms with Crippen LogP contribution in [0.3, 0.4) is 0 Å². The van der Waals surface area contributed by atoms with E-state index in [2.05, 4.69) is 4.99 Å². The number of carbonyl (C=O) groups excluding carboxylic acids is 1. The molecule has 0 bridgehead atoms. The Hall–Kier alpha value is -1.55. The second kappa shape index (κ2) is 6.06. The molecule has 5 heteroatoms. The van der Waals surface area contributed by atoms with Gasteiger partial charge >= 0.3 is 6.03 Å². The zero-order chi connectivity index (χ0) is 15.6. The summed E-state index contributed by atoms with van der Waals surface area (Å²) in [6, 6.07) is 7.05. The SMILES string of the molecule is CN1CCCC1=NC(=O)N(c1ccc(Cl)cc1)C(C)(C)C. The topological polar surface area (TPSA) is 35.9 Å². The first-order valence-corrected chi connectivity index (χ1v) is 7.55. The van der Waals surface area contributed by atoms with E-state index >= 15 is 0 Å². The molecular weight excluding hydrogens is 286 g/mol. The maximum Gasteiger partial charge on any atom is 0.350 e. The van der Waals surface area contributed by atoms with Crippen LogP contribution in [-0.2, 0) is 0 Å². The van der Waals surface area contributed by atoms with Crippen molar-refractivity contribution in [3.63, 3.8) is 0 Å². The molecule has 0 aromatic heterocycles.